The molecule has 4 aromatic rings. The number of carbonyl (C=O) groups excluding carboxylic acids is 7. The summed E-state index contributed by atoms with van der Waals surface area (Å²) in [7, 11) is 0. The molecule has 2 fully saturated rings. The third-order valence-corrected chi connectivity index (χ3v) is 17.6. The van der Waals surface area contributed by atoms with Crippen molar-refractivity contribution in [1.82, 2.24) is 40.4 Å². The van der Waals surface area contributed by atoms with E-state index in [0.717, 1.165) is 58.7 Å². The van der Waals surface area contributed by atoms with Gasteiger partial charge in [-0.1, -0.05) is 96.9 Å². The third kappa shape index (κ3) is 33.2. The molecule has 0 spiro atoms. The Hall–Kier alpha value is -7.74. The second-order valence-corrected chi connectivity index (χ2v) is 31.7. The van der Waals surface area contributed by atoms with E-state index in [9.17, 15) is 33.6 Å². The van der Waals surface area contributed by atoms with Crippen LogP contribution in [0.5, 0.6) is 5.75 Å². The van der Waals surface area contributed by atoms with E-state index in [1.54, 1.807) is 89.2 Å². The maximum Gasteiger partial charge on any atom is 0.417 e. The molecule has 0 unspecified atom stereocenters. The van der Waals surface area contributed by atoms with Crippen molar-refractivity contribution in [2.45, 2.75) is 202 Å². The zero-order chi connectivity index (χ0) is 77.8. The predicted octanol–water partition coefficient (Wildman–Crippen LogP) is 11.4. The molecule has 0 aromatic heterocycles. The number of aryl methyl sites for hydroxylation is 2. The number of benzene rings is 4. The number of amides is 3. The zero-order valence-corrected chi connectivity index (χ0v) is 65.4. The Balaban J connectivity index is 1.18. The largest absolute Gasteiger partial charge is 0.491 e. The molecule has 2 atom stereocenters. The second-order valence-electron chi connectivity index (χ2n) is 31.7. The van der Waals surface area contributed by atoms with Crippen LogP contribution in [-0.4, -0.2) is 219 Å². The summed E-state index contributed by atoms with van der Waals surface area (Å²) in [5.74, 6) is -2.61. The number of ether oxygens (including phenoxy) is 6. The Kier molecular flexibility index (Phi) is 34.2. The van der Waals surface area contributed by atoms with Gasteiger partial charge in [-0.2, -0.15) is 13.2 Å². The maximum atomic E-state index is 15.3. The Bertz CT molecular complexity index is 3460. The molecular formula is C82H119F3N8O13. The number of nitrogens with zero attached hydrogens (tertiary/aromatic N) is 5. The minimum absolute atomic E-state index is 0.00155. The van der Waals surface area contributed by atoms with Crippen LogP contribution >= 0.6 is 0 Å². The first-order valence-electron chi connectivity index (χ1n) is 37.5. The lowest BCUT2D eigenvalue weighted by atomic mass is 9.95. The van der Waals surface area contributed by atoms with Crippen molar-refractivity contribution in [3.8, 4) is 16.9 Å². The average Bonchev–Trinajstić information content (AvgIpc) is 0.789. The van der Waals surface area contributed by atoms with Crippen LogP contribution in [0.25, 0.3) is 23.3 Å². The summed E-state index contributed by atoms with van der Waals surface area (Å²) in [5, 5.41) is 8.89. The highest BCUT2D eigenvalue weighted by Gasteiger charge is 2.37. The number of likely N-dealkylation sites (tertiary alicyclic amines) is 1. The van der Waals surface area contributed by atoms with Gasteiger partial charge in [0.1, 0.15) is 46.8 Å². The van der Waals surface area contributed by atoms with Crippen molar-refractivity contribution in [3.63, 3.8) is 0 Å². The Morgan fingerprint density at radius 1 is 0.547 bits per heavy atom. The van der Waals surface area contributed by atoms with Crippen LogP contribution in [-0.2, 0) is 76.4 Å². The van der Waals surface area contributed by atoms with Gasteiger partial charge < -0.3 is 44.4 Å². The molecule has 586 valence electrons. The van der Waals surface area contributed by atoms with E-state index in [-0.39, 0.29) is 101 Å². The lowest BCUT2D eigenvalue weighted by Crippen LogP contribution is -2.52. The SMILES string of the molecule is Cc1ccc(CCCC(=O)NCCCC[C@H](NC(=O)CN2CCN(CC(=O)OC(C)(C)C)CCN(CC(=O)OC(C)(C)C)CCN(CC(=O)OC(C)(C)C)CC2)C(=O)NCCOCCOc2cc(/C=C/c3cccc(-c4ccccc4)c3C)c(C(F)(F)F)cc2CN2CCCC[C@H]2C(=O)OC(C)(C)C)cc1. The fourth-order valence-corrected chi connectivity index (χ4v) is 12.5. The molecule has 2 heterocycles. The van der Waals surface area contributed by atoms with Crippen molar-refractivity contribution in [3.05, 3.63) is 124 Å². The number of esters is 4. The molecule has 3 amide bonds. The van der Waals surface area contributed by atoms with Crippen LogP contribution in [0.4, 0.5) is 13.2 Å². The van der Waals surface area contributed by atoms with Gasteiger partial charge in [-0.05, 0) is 194 Å². The van der Waals surface area contributed by atoms with Gasteiger partial charge in [-0.25, -0.2) is 0 Å². The number of hydrogen-bond acceptors (Lipinski definition) is 18. The van der Waals surface area contributed by atoms with Crippen LogP contribution in [0, 0.1) is 13.8 Å². The van der Waals surface area contributed by atoms with E-state index in [4.69, 9.17) is 28.4 Å². The molecule has 0 aliphatic carbocycles. The van der Waals surface area contributed by atoms with Gasteiger partial charge >= 0.3 is 30.1 Å². The monoisotopic (exact) mass is 1480 g/mol. The number of unbranched alkanes of at least 4 members (excludes halogenated alkanes) is 1. The van der Waals surface area contributed by atoms with Crippen molar-refractivity contribution in [2.75, 3.05) is 118 Å². The Labute approximate surface area is 627 Å². The fraction of sp³-hybridized carbons (Fsp3) is 0.598. The third-order valence-electron chi connectivity index (χ3n) is 17.6. The normalized spacial score (nSPS) is 16.4. The summed E-state index contributed by atoms with van der Waals surface area (Å²) in [6, 6.07) is 24.4. The lowest BCUT2D eigenvalue weighted by Gasteiger charge is -2.36. The van der Waals surface area contributed by atoms with Gasteiger partial charge in [0, 0.05) is 84.0 Å². The fourth-order valence-electron chi connectivity index (χ4n) is 12.5. The number of piperidine rings is 1. The van der Waals surface area contributed by atoms with E-state index < -0.39 is 81.9 Å². The van der Waals surface area contributed by atoms with Crippen molar-refractivity contribution >= 4 is 53.8 Å². The van der Waals surface area contributed by atoms with Gasteiger partial charge in [-0.15, -0.1) is 0 Å². The van der Waals surface area contributed by atoms with E-state index in [1.165, 1.54) is 12.1 Å². The number of rotatable bonds is 32. The first-order chi connectivity index (χ1) is 49.8. The van der Waals surface area contributed by atoms with E-state index in [0.29, 0.717) is 84.5 Å². The van der Waals surface area contributed by atoms with Crippen molar-refractivity contribution in [2.24, 2.45) is 0 Å². The number of carbonyl (C=O) groups is 7. The minimum Gasteiger partial charge on any atom is -0.491 e. The quantitative estimate of drug-likeness (QED) is 0.0179. The molecule has 106 heavy (non-hydrogen) atoms. The van der Waals surface area contributed by atoms with Crippen molar-refractivity contribution < 1.29 is 75.2 Å². The highest BCUT2D eigenvalue weighted by Crippen LogP contribution is 2.39. The maximum absolute atomic E-state index is 15.3. The molecule has 21 nitrogen and oxygen atoms in total. The zero-order valence-electron chi connectivity index (χ0n) is 65.4. The molecule has 2 aliphatic rings. The summed E-state index contributed by atoms with van der Waals surface area (Å²) >= 11 is 0. The number of halogens is 3. The lowest BCUT2D eigenvalue weighted by molar-refractivity contribution is -0.163. The van der Waals surface area contributed by atoms with Gasteiger partial charge in [-0.3, -0.25) is 58.1 Å². The summed E-state index contributed by atoms with van der Waals surface area (Å²) < 4.78 is 81.3. The Morgan fingerprint density at radius 3 is 1.64 bits per heavy atom. The molecule has 24 heteroatoms. The topological polar surface area (TPSA) is 227 Å². The molecule has 6 rings (SSSR count). The van der Waals surface area contributed by atoms with Gasteiger partial charge in [0.2, 0.25) is 17.7 Å². The molecule has 2 aliphatic heterocycles. The number of hydrogen-bond donors (Lipinski definition) is 3. The number of alkyl halides is 3. The summed E-state index contributed by atoms with van der Waals surface area (Å²) in [5.41, 5.74) is 2.08. The minimum atomic E-state index is -4.76. The molecule has 2 saturated heterocycles. The summed E-state index contributed by atoms with van der Waals surface area (Å²) in [6.45, 7) is 28.3. The van der Waals surface area contributed by atoms with Crippen LogP contribution in [0.2, 0.25) is 0 Å². The molecular weight excluding hydrogens is 1360 g/mol. The summed E-state index contributed by atoms with van der Waals surface area (Å²) in [6.07, 6.45) is 3.28. The summed E-state index contributed by atoms with van der Waals surface area (Å²) in [4.78, 5) is 105. The van der Waals surface area contributed by atoms with Crippen LogP contribution in [0.1, 0.15) is 173 Å². The molecule has 3 N–H and O–H groups in total. The highest BCUT2D eigenvalue weighted by molar-refractivity contribution is 5.88. The predicted molar refractivity (Wildman–Crippen MR) is 406 cm³/mol. The van der Waals surface area contributed by atoms with E-state index in [2.05, 4.69) is 28.1 Å². The van der Waals surface area contributed by atoms with E-state index in [1.807, 2.05) is 99.0 Å². The average molecular weight is 1480 g/mol. The molecule has 0 radical (unpaired) electrons. The van der Waals surface area contributed by atoms with Gasteiger partial charge in [0.05, 0.1) is 45.0 Å². The van der Waals surface area contributed by atoms with Crippen LogP contribution in [0.15, 0.2) is 84.9 Å². The second kappa shape index (κ2) is 41.6. The van der Waals surface area contributed by atoms with Crippen LogP contribution in [0.3, 0.4) is 0 Å². The first-order valence-corrected chi connectivity index (χ1v) is 37.5. The van der Waals surface area contributed by atoms with E-state index >= 15 is 13.2 Å². The van der Waals surface area contributed by atoms with Crippen molar-refractivity contribution in [1.29, 1.82) is 0 Å². The van der Waals surface area contributed by atoms with Gasteiger partial charge in [0.25, 0.3) is 0 Å². The van der Waals surface area contributed by atoms with Crippen LogP contribution < -0.4 is 20.7 Å². The molecule has 0 saturated carbocycles. The smallest absolute Gasteiger partial charge is 0.417 e. The molecule has 0 bridgehead atoms. The molecule has 4 aromatic carbocycles. The number of nitrogens with one attached hydrogen (secondary N) is 3. The first kappa shape index (κ1) is 87.2. The standard InChI is InChI=1S/C82H119F3N8O13/c1-59-32-34-61(35-33-59)24-22-31-71(94)86-38-20-18-29-68(88-72(95)55-89-41-43-90(56-73(96)103-78(3,4)5)45-47-92(58-75(98)105-80(9,10)11)48-46-91(44-42-89)57-74(97)104-79(6,7)8)76(99)87-39-49-101-50-51-102-70-53-64(37-36-62-27-23-28-66(60(62)2)63-25-16-15-17-26-63)67(82(83,84)85)52-65(70)54-93-40-21-19-30-69(93)77(100)106-81(12,13)14/h15-17,23,25-28,32-37,52-53,68-69H,18-22,24,29-31,38-51,54-58H2,1-14H3,(H,86,94)(H,87,99)(H,88,95)/b37-36+/t68-,69-/m0/s1. The van der Waals surface area contributed by atoms with Gasteiger partial charge in [0.15, 0.2) is 0 Å². The Morgan fingerprint density at radius 2 is 1.09 bits per heavy atom. The highest BCUT2D eigenvalue weighted by atomic mass is 19.4.